The minimum absolute atomic E-state index is 0.199. The summed E-state index contributed by atoms with van der Waals surface area (Å²) in [5.74, 6) is 0. The average Bonchev–Trinajstić information content (AvgIpc) is 2.68. The van der Waals surface area contributed by atoms with Gasteiger partial charge in [-0.05, 0) is 32.0 Å². The van der Waals surface area contributed by atoms with Crippen LogP contribution in [-0.2, 0) is 4.74 Å². The second-order valence-corrected chi connectivity index (χ2v) is 5.92. The predicted molar refractivity (Wildman–Crippen MR) is 74.2 cm³/mol. The van der Waals surface area contributed by atoms with Crippen molar-refractivity contribution in [2.75, 3.05) is 19.0 Å². The molecule has 0 saturated carbocycles. The molecule has 1 heterocycles. The van der Waals surface area contributed by atoms with Crippen LogP contribution >= 0.6 is 22.9 Å². The van der Waals surface area contributed by atoms with Crippen molar-refractivity contribution in [2.45, 2.75) is 19.4 Å². The maximum absolute atomic E-state index is 5.94. The van der Waals surface area contributed by atoms with Crippen LogP contribution in [0, 0.1) is 0 Å². The first kappa shape index (κ1) is 12.6. The van der Waals surface area contributed by atoms with Gasteiger partial charge in [-0.3, -0.25) is 0 Å². The van der Waals surface area contributed by atoms with Crippen LogP contribution in [0.25, 0.3) is 10.2 Å². The molecule has 0 spiro atoms. The summed E-state index contributed by atoms with van der Waals surface area (Å²) in [4.78, 5) is 4.48. The Kier molecular flexibility index (Phi) is 3.56. The normalized spacial score (nSPS) is 12.0. The minimum atomic E-state index is -0.199. The molecule has 0 aliphatic carbocycles. The zero-order valence-corrected chi connectivity index (χ0v) is 11.7. The van der Waals surface area contributed by atoms with E-state index in [4.69, 9.17) is 16.3 Å². The van der Waals surface area contributed by atoms with E-state index >= 15 is 0 Å². The number of anilines is 1. The number of methoxy groups -OCH3 is 1. The molecule has 0 fully saturated rings. The van der Waals surface area contributed by atoms with Crippen molar-refractivity contribution in [3.8, 4) is 0 Å². The van der Waals surface area contributed by atoms with Gasteiger partial charge >= 0.3 is 0 Å². The molecule has 0 saturated heterocycles. The van der Waals surface area contributed by atoms with E-state index in [1.807, 2.05) is 32.0 Å². The number of nitrogens with one attached hydrogen (secondary N) is 1. The fourth-order valence-corrected chi connectivity index (χ4v) is 2.47. The van der Waals surface area contributed by atoms with Crippen molar-refractivity contribution in [2.24, 2.45) is 0 Å². The Bertz CT molecular complexity index is 524. The van der Waals surface area contributed by atoms with Crippen LogP contribution in [0.2, 0.25) is 5.02 Å². The summed E-state index contributed by atoms with van der Waals surface area (Å²) >= 11 is 7.54. The predicted octanol–water partition coefficient (Wildman–Crippen LogP) is 3.79. The fourth-order valence-electron chi connectivity index (χ4n) is 1.33. The van der Waals surface area contributed by atoms with Crippen LogP contribution in [0.5, 0.6) is 0 Å². The van der Waals surface area contributed by atoms with Crippen molar-refractivity contribution in [1.82, 2.24) is 4.98 Å². The van der Waals surface area contributed by atoms with Crippen molar-refractivity contribution in [3.05, 3.63) is 23.2 Å². The van der Waals surface area contributed by atoms with Crippen LogP contribution in [0.1, 0.15) is 13.8 Å². The van der Waals surface area contributed by atoms with Crippen molar-refractivity contribution < 1.29 is 4.74 Å². The molecule has 0 atom stereocenters. The molecule has 92 valence electrons. The lowest BCUT2D eigenvalue weighted by Gasteiger charge is -2.22. The highest BCUT2D eigenvalue weighted by Gasteiger charge is 2.16. The van der Waals surface area contributed by atoms with E-state index in [2.05, 4.69) is 10.3 Å². The van der Waals surface area contributed by atoms with Crippen LogP contribution in [-0.4, -0.2) is 24.2 Å². The molecule has 0 bridgehead atoms. The van der Waals surface area contributed by atoms with Gasteiger partial charge in [-0.1, -0.05) is 22.9 Å². The number of benzene rings is 1. The molecule has 2 aromatic rings. The molecule has 17 heavy (non-hydrogen) atoms. The van der Waals surface area contributed by atoms with Gasteiger partial charge in [0.05, 0.1) is 15.8 Å². The molecule has 1 N–H and O–H groups in total. The van der Waals surface area contributed by atoms with Gasteiger partial charge in [0.15, 0.2) is 5.13 Å². The number of nitrogens with zero attached hydrogens (tertiary/aromatic N) is 1. The maximum Gasteiger partial charge on any atom is 0.183 e. The number of aromatic nitrogens is 1. The second kappa shape index (κ2) is 4.80. The van der Waals surface area contributed by atoms with E-state index in [-0.39, 0.29) is 5.60 Å². The number of ether oxygens (including phenoxy) is 1. The molecule has 1 aromatic heterocycles. The number of rotatable bonds is 4. The summed E-state index contributed by atoms with van der Waals surface area (Å²) in [6.45, 7) is 4.78. The Morgan fingerprint density at radius 2 is 2.24 bits per heavy atom. The second-order valence-electron chi connectivity index (χ2n) is 4.45. The van der Waals surface area contributed by atoms with Gasteiger partial charge in [0.1, 0.15) is 0 Å². The van der Waals surface area contributed by atoms with E-state index in [0.717, 1.165) is 26.9 Å². The molecular formula is C12H15ClN2OS. The number of fused-ring (bicyclic) bond motifs is 1. The largest absolute Gasteiger partial charge is 0.377 e. The summed E-state index contributed by atoms with van der Waals surface area (Å²) in [5.41, 5.74) is 0.771. The molecule has 5 heteroatoms. The lowest BCUT2D eigenvalue weighted by molar-refractivity contribution is 0.0344. The van der Waals surface area contributed by atoms with Gasteiger partial charge in [0, 0.05) is 18.7 Å². The highest BCUT2D eigenvalue weighted by Crippen LogP contribution is 2.28. The van der Waals surface area contributed by atoms with Gasteiger partial charge in [-0.25, -0.2) is 4.98 Å². The Labute approximate surface area is 110 Å². The summed E-state index contributed by atoms with van der Waals surface area (Å²) in [6, 6.07) is 5.72. The van der Waals surface area contributed by atoms with E-state index in [9.17, 15) is 0 Å². The number of hydrogen-bond acceptors (Lipinski definition) is 4. The van der Waals surface area contributed by atoms with E-state index in [0.29, 0.717) is 0 Å². The van der Waals surface area contributed by atoms with Gasteiger partial charge in [-0.2, -0.15) is 0 Å². The van der Waals surface area contributed by atoms with Crippen molar-refractivity contribution in [3.63, 3.8) is 0 Å². The van der Waals surface area contributed by atoms with Crippen LogP contribution < -0.4 is 5.32 Å². The highest BCUT2D eigenvalue weighted by molar-refractivity contribution is 7.22. The number of thiazole rings is 1. The Balaban J connectivity index is 2.15. The Morgan fingerprint density at radius 3 is 2.94 bits per heavy atom. The first-order chi connectivity index (χ1) is 8.00. The van der Waals surface area contributed by atoms with Gasteiger partial charge < -0.3 is 10.1 Å². The number of halogens is 1. The first-order valence-corrected chi connectivity index (χ1v) is 6.55. The lowest BCUT2D eigenvalue weighted by atomic mass is 10.1. The van der Waals surface area contributed by atoms with E-state index in [1.54, 1.807) is 18.4 Å². The summed E-state index contributed by atoms with van der Waals surface area (Å²) in [6.07, 6.45) is 0. The SMILES string of the molecule is COC(C)(C)CNc1nc2ccc(Cl)cc2s1. The molecule has 0 unspecified atom stereocenters. The Hall–Kier alpha value is -0.840. The molecule has 2 rings (SSSR count). The molecular weight excluding hydrogens is 256 g/mol. The molecule has 0 radical (unpaired) electrons. The van der Waals surface area contributed by atoms with Gasteiger partial charge in [0.2, 0.25) is 0 Å². The van der Waals surface area contributed by atoms with E-state index < -0.39 is 0 Å². The highest BCUT2D eigenvalue weighted by atomic mass is 35.5. The quantitative estimate of drug-likeness (QED) is 0.918. The van der Waals surface area contributed by atoms with Crippen LogP contribution in [0.15, 0.2) is 18.2 Å². The maximum atomic E-state index is 5.94. The third kappa shape index (κ3) is 3.09. The zero-order chi connectivity index (χ0) is 12.5. The van der Waals surface area contributed by atoms with Gasteiger partial charge in [-0.15, -0.1) is 0 Å². The summed E-state index contributed by atoms with van der Waals surface area (Å²) in [7, 11) is 1.71. The van der Waals surface area contributed by atoms with Crippen LogP contribution in [0.4, 0.5) is 5.13 Å². The summed E-state index contributed by atoms with van der Waals surface area (Å²) in [5, 5.41) is 4.92. The standard InChI is InChI=1S/C12H15ClN2OS/c1-12(2,16-3)7-14-11-15-9-5-4-8(13)6-10(9)17-11/h4-6H,7H2,1-3H3,(H,14,15). The van der Waals surface area contributed by atoms with Gasteiger partial charge in [0.25, 0.3) is 0 Å². The average molecular weight is 271 g/mol. The number of hydrogen-bond donors (Lipinski definition) is 1. The van der Waals surface area contributed by atoms with E-state index in [1.165, 1.54) is 0 Å². The monoisotopic (exact) mass is 270 g/mol. The molecule has 0 aliphatic rings. The smallest absolute Gasteiger partial charge is 0.183 e. The molecule has 3 nitrogen and oxygen atoms in total. The topological polar surface area (TPSA) is 34.1 Å². The third-order valence-corrected chi connectivity index (χ3v) is 3.78. The third-order valence-electron chi connectivity index (χ3n) is 2.57. The van der Waals surface area contributed by atoms with Crippen molar-refractivity contribution in [1.29, 1.82) is 0 Å². The lowest BCUT2D eigenvalue weighted by Crippen LogP contribution is -2.31. The molecule has 0 amide bonds. The Morgan fingerprint density at radius 1 is 1.47 bits per heavy atom. The zero-order valence-electron chi connectivity index (χ0n) is 10.1. The van der Waals surface area contributed by atoms with Crippen LogP contribution in [0.3, 0.4) is 0 Å². The summed E-state index contributed by atoms with van der Waals surface area (Å²) < 4.78 is 6.44. The molecule has 0 aliphatic heterocycles. The van der Waals surface area contributed by atoms with Crippen molar-refractivity contribution >= 4 is 38.3 Å². The first-order valence-electron chi connectivity index (χ1n) is 5.35. The minimum Gasteiger partial charge on any atom is -0.377 e. The molecule has 1 aromatic carbocycles. The fraction of sp³-hybridized carbons (Fsp3) is 0.417.